The molecule has 0 aromatic carbocycles. The summed E-state index contributed by atoms with van der Waals surface area (Å²) in [5.41, 5.74) is -0.0753. The third kappa shape index (κ3) is 3.38. The van der Waals surface area contributed by atoms with E-state index in [2.05, 4.69) is 4.98 Å². The van der Waals surface area contributed by atoms with Crippen molar-refractivity contribution in [2.45, 2.75) is 20.8 Å². The highest BCUT2D eigenvalue weighted by Gasteiger charge is 2.19. The molecule has 0 aliphatic heterocycles. The summed E-state index contributed by atoms with van der Waals surface area (Å²) in [7, 11) is 0. The lowest BCUT2D eigenvalue weighted by molar-refractivity contribution is -0.131. The number of carbonyl (C=O) groups excluding carboxylic acids is 3. The van der Waals surface area contributed by atoms with E-state index in [9.17, 15) is 14.4 Å². The molecule has 0 unspecified atom stereocenters. The van der Waals surface area contributed by atoms with Gasteiger partial charge in [0.2, 0.25) is 0 Å². The quantitative estimate of drug-likeness (QED) is 0.594. The minimum Gasteiger partial charge on any atom is -0.461 e. The number of ether oxygens (including phenoxy) is 2. The van der Waals surface area contributed by atoms with Crippen molar-refractivity contribution in [2.75, 3.05) is 6.61 Å². The zero-order valence-corrected chi connectivity index (χ0v) is 10.4. The summed E-state index contributed by atoms with van der Waals surface area (Å²) in [6, 6.07) is 2.72. The summed E-state index contributed by atoms with van der Waals surface area (Å²) < 4.78 is 9.61. The molecule has 96 valence electrons. The minimum absolute atomic E-state index is 0.0223. The Labute approximate surface area is 104 Å². The number of nitrogens with zero attached hydrogens (tertiary/aromatic N) is 1. The highest BCUT2D eigenvalue weighted by atomic mass is 16.5. The molecule has 0 N–H and O–H groups in total. The molecule has 0 radical (unpaired) electrons. The zero-order chi connectivity index (χ0) is 13.7. The standard InChI is InChI=1S/C12H13NO5/c1-4-17-12(16)11-10(18-8(3)15)6-5-9(13-11)7(2)14/h5-6H,4H2,1-3H3. The van der Waals surface area contributed by atoms with Gasteiger partial charge in [-0.3, -0.25) is 9.59 Å². The van der Waals surface area contributed by atoms with Crippen LogP contribution in [0.4, 0.5) is 0 Å². The first-order valence-corrected chi connectivity index (χ1v) is 5.33. The summed E-state index contributed by atoms with van der Waals surface area (Å²) in [5, 5.41) is 0. The Morgan fingerprint density at radius 3 is 2.39 bits per heavy atom. The fourth-order valence-corrected chi connectivity index (χ4v) is 1.23. The van der Waals surface area contributed by atoms with Gasteiger partial charge in [-0.1, -0.05) is 0 Å². The highest BCUT2D eigenvalue weighted by Crippen LogP contribution is 2.18. The molecule has 0 amide bonds. The van der Waals surface area contributed by atoms with Gasteiger partial charge in [0.25, 0.3) is 0 Å². The van der Waals surface area contributed by atoms with E-state index in [0.717, 1.165) is 0 Å². The van der Waals surface area contributed by atoms with Crippen LogP contribution in [0.3, 0.4) is 0 Å². The molecule has 0 aliphatic carbocycles. The first kappa shape index (κ1) is 13.8. The molecule has 6 nitrogen and oxygen atoms in total. The van der Waals surface area contributed by atoms with E-state index in [-0.39, 0.29) is 29.5 Å². The smallest absolute Gasteiger partial charge is 0.360 e. The van der Waals surface area contributed by atoms with Crippen LogP contribution in [-0.4, -0.2) is 29.3 Å². The summed E-state index contributed by atoms with van der Waals surface area (Å²) >= 11 is 0. The van der Waals surface area contributed by atoms with Crippen LogP contribution in [0.2, 0.25) is 0 Å². The van der Waals surface area contributed by atoms with E-state index in [4.69, 9.17) is 9.47 Å². The predicted molar refractivity (Wildman–Crippen MR) is 61.5 cm³/mol. The number of carbonyl (C=O) groups is 3. The van der Waals surface area contributed by atoms with Crippen LogP contribution in [-0.2, 0) is 9.53 Å². The van der Waals surface area contributed by atoms with E-state index < -0.39 is 11.9 Å². The Balaban J connectivity index is 3.21. The van der Waals surface area contributed by atoms with E-state index in [1.165, 1.54) is 26.0 Å². The Bertz CT molecular complexity index is 495. The SMILES string of the molecule is CCOC(=O)c1nc(C(C)=O)ccc1OC(C)=O. The molecule has 1 rings (SSSR count). The average molecular weight is 251 g/mol. The monoisotopic (exact) mass is 251 g/mol. The van der Waals surface area contributed by atoms with Gasteiger partial charge in [0.1, 0.15) is 5.69 Å². The van der Waals surface area contributed by atoms with E-state index in [1.54, 1.807) is 6.92 Å². The molecule has 1 heterocycles. The van der Waals surface area contributed by atoms with Crippen LogP contribution in [0.5, 0.6) is 5.75 Å². The molecule has 0 aliphatic rings. The van der Waals surface area contributed by atoms with Gasteiger partial charge in [0, 0.05) is 13.8 Å². The maximum Gasteiger partial charge on any atom is 0.360 e. The molecule has 0 saturated heterocycles. The van der Waals surface area contributed by atoms with Crippen molar-refractivity contribution < 1.29 is 23.9 Å². The molecule has 1 aromatic heterocycles. The van der Waals surface area contributed by atoms with Gasteiger partial charge in [-0.2, -0.15) is 0 Å². The molecule has 0 bridgehead atoms. The number of hydrogen-bond acceptors (Lipinski definition) is 6. The Hall–Kier alpha value is -2.24. The van der Waals surface area contributed by atoms with E-state index in [1.807, 2.05) is 0 Å². The largest absolute Gasteiger partial charge is 0.461 e. The molecule has 6 heteroatoms. The van der Waals surface area contributed by atoms with Gasteiger partial charge in [-0.15, -0.1) is 0 Å². The van der Waals surface area contributed by atoms with Crippen molar-refractivity contribution in [1.29, 1.82) is 0 Å². The number of hydrogen-bond donors (Lipinski definition) is 0. The van der Waals surface area contributed by atoms with Gasteiger partial charge >= 0.3 is 11.9 Å². The maximum atomic E-state index is 11.6. The summed E-state index contributed by atoms with van der Waals surface area (Å²) in [6.45, 7) is 4.32. The maximum absolute atomic E-state index is 11.6. The number of aromatic nitrogens is 1. The number of esters is 2. The van der Waals surface area contributed by atoms with Crippen molar-refractivity contribution in [1.82, 2.24) is 4.98 Å². The van der Waals surface area contributed by atoms with Crippen molar-refractivity contribution in [2.24, 2.45) is 0 Å². The third-order valence-electron chi connectivity index (χ3n) is 1.94. The fourth-order valence-electron chi connectivity index (χ4n) is 1.23. The Kier molecular flexibility index (Phi) is 4.53. The lowest BCUT2D eigenvalue weighted by Gasteiger charge is -2.08. The van der Waals surface area contributed by atoms with Crippen LogP contribution in [0.15, 0.2) is 12.1 Å². The molecular weight excluding hydrogens is 238 g/mol. The van der Waals surface area contributed by atoms with Crippen LogP contribution >= 0.6 is 0 Å². The second-order valence-electron chi connectivity index (χ2n) is 3.41. The number of Topliss-reactive ketones (excluding diaryl/α,β-unsaturated/α-hetero) is 1. The number of ketones is 1. The predicted octanol–water partition coefficient (Wildman–Crippen LogP) is 1.39. The fraction of sp³-hybridized carbons (Fsp3) is 0.333. The molecule has 0 atom stereocenters. The second-order valence-corrected chi connectivity index (χ2v) is 3.41. The average Bonchev–Trinajstić information content (AvgIpc) is 2.28. The summed E-state index contributed by atoms with van der Waals surface area (Å²) in [5.74, 6) is -1.64. The summed E-state index contributed by atoms with van der Waals surface area (Å²) in [6.07, 6.45) is 0. The lowest BCUT2D eigenvalue weighted by Crippen LogP contribution is -2.14. The van der Waals surface area contributed by atoms with Gasteiger partial charge in [-0.05, 0) is 19.1 Å². The third-order valence-corrected chi connectivity index (χ3v) is 1.94. The second kappa shape index (κ2) is 5.90. The molecule has 0 fully saturated rings. The molecule has 0 saturated carbocycles. The van der Waals surface area contributed by atoms with E-state index in [0.29, 0.717) is 0 Å². The first-order valence-electron chi connectivity index (χ1n) is 5.33. The lowest BCUT2D eigenvalue weighted by atomic mass is 10.2. The Morgan fingerprint density at radius 2 is 1.89 bits per heavy atom. The first-order chi connectivity index (χ1) is 8.45. The molecule has 18 heavy (non-hydrogen) atoms. The van der Waals surface area contributed by atoms with Crippen LogP contribution < -0.4 is 4.74 Å². The van der Waals surface area contributed by atoms with Gasteiger partial charge in [-0.25, -0.2) is 9.78 Å². The van der Waals surface area contributed by atoms with Crippen molar-refractivity contribution in [3.63, 3.8) is 0 Å². The topological polar surface area (TPSA) is 82.6 Å². The summed E-state index contributed by atoms with van der Waals surface area (Å²) in [4.78, 5) is 37.6. The minimum atomic E-state index is -0.739. The van der Waals surface area contributed by atoms with Crippen molar-refractivity contribution >= 4 is 17.7 Å². The molecule has 0 spiro atoms. The van der Waals surface area contributed by atoms with Gasteiger partial charge in [0.15, 0.2) is 17.2 Å². The zero-order valence-electron chi connectivity index (χ0n) is 10.4. The highest BCUT2D eigenvalue weighted by molar-refractivity contribution is 5.96. The van der Waals surface area contributed by atoms with Crippen LogP contribution in [0.1, 0.15) is 41.7 Å². The number of rotatable bonds is 4. The van der Waals surface area contributed by atoms with Crippen LogP contribution in [0.25, 0.3) is 0 Å². The van der Waals surface area contributed by atoms with Crippen LogP contribution in [0, 0.1) is 0 Å². The number of pyridine rings is 1. The van der Waals surface area contributed by atoms with E-state index >= 15 is 0 Å². The van der Waals surface area contributed by atoms with Crippen molar-refractivity contribution in [3.8, 4) is 5.75 Å². The molecular formula is C12H13NO5. The Morgan fingerprint density at radius 1 is 1.22 bits per heavy atom. The van der Waals surface area contributed by atoms with Gasteiger partial charge < -0.3 is 9.47 Å². The normalized spacial score (nSPS) is 9.72. The van der Waals surface area contributed by atoms with Gasteiger partial charge in [0.05, 0.1) is 6.61 Å². The van der Waals surface area contributed by atoms with Crippen molar-refractivity contribution in [3.05, 3.63) is 23.5 Å². The molecule has 1 aromatic rings.